The number of rotatable bonds is 4. The number of hydrogen-bond acceptors (Lipinski definition) is 2. The molecule has 0 aromatic rings. The first-order valence-corrected chi connectivity index (χ1v) is 9.53. The highest BCUT2D eigenvalue weighted by Crippen LogP contribution is 2.43. The number of hydrogen-bond donors (Lipinski definition) is 1. The van der Waals surface area contributed by atoms with Crippen LogP contribution in [0.2, 0.25) is 0 Å². The van der Waals surface area contributed by atoms with Gasteiger partial charge in [0.1, 0.15) is 0 Å². The molecule has 0 aromatic carbocycles. The molecule has 5 heteroatoms. The van der Waals surface area contributed by atoms with Crippen molar-refractivity contribution in [2.75, 3.05) is 31.9 Å². The van der Waals surface area contributed by atoms with Crippen LogP contribution in [0.1, 0.15) is 39.0 Å². The Balaban J connectivity index is 1.55. The van der Waals surface area contributed by atoms with Gasteiger partial charge in [-0.1, -0.05) is 6.92 Å². The summed E-state index contributed by atoms with van der Waals surface area (Å²) in [4.78, 5) is 1.69. The van der Waals surface area contributed by atoms with E-state index in [1.54, 1.807) is 9.21 Å². The average Bonchev–Trinajstić information content (AvgIpc) is 3.01. The van der Waals surface area contributed by atoms with Gasteiger partial charge in [-0.25, -0.2) is 8.42 Å². The second kappa shape index (κ2) is 5.34. The number of piperazine rings is 1. The molecule has 0 aromatic heterocycles. The van der Waals surface area contributed by atoms with Gasteiger partial charge in [-0.15, -0.1) is 0 Å². The molecule has 110 valence electrons. The molecule has 0 radical (unpaired) electrons. The predicted octanol–water partition coefficient (Wildman–Crippen LogP) is 0.115. The van der Waals surface area contributed by atoms with Crippen molar-refractivity contribution in [1.29, 1.82) is 0 Å². The average molecular weight is 287 g/mol. The molecule has 1 aliphatic heterocycles. The van der Waals surface area contributed by atoms with E-state index in [-0.39, 0.29) is 0 Å². The first kappa shape index (κ1) is 13.8. The topological polar surface area (TPSA) is 41.8 Å². The summed E-state index contributed by atoms with van der Waals surface area (Å²) in [7, 11) is -2.97. The first-order valence-electron chi connectivity index (χ1n) is 7.92. The van der Waals surface area contributed by atoms with E-state index in [2.05, 4.69) is 0 Å². The third-order valence-corrected chi connectivity index (χ3v) is 7.56. The molecule has 2 aliphatic carbocycles. The zero-order valence-electron chi connectivity index (χ0n) is 12.0. The van der Waals surface area contributed by atoms with Crippen LogP contribution in [0.25, 0.3) is 0 Å². The summed E-state index contributed by atoms with van der Waals surface area (Å²) >= 11 is 0. The van der Waals surface area contributed by atoms with Crippen LogP contribution in [0.5, 0.6) is 0 Å². The summed E-state index contributed by atoms with van der Waals surface area (Å²) in [5.41, 5.74) is 0. The number of nitrogens with zero attached hydrogens (tertiary/aromatic N) is 1. The molecule has 1 saturated heterocycles. The van der Waals surface area contributed by atoms with Crippen LogP contribution in [0.4, 0.5) is 0 Å². The maximum absolute atomic E-state index is 12.1. The van der Waals surface area contributed by atoms with Gasteiger partial charge in [0.25, 0.3) is 0 Å². The van der Waals surface area contributed by atoms with Crippen LogP contribution in [-0.4, -0.2) is 50.7 Å². The van der Waals surface area contributed by atoms with Crippen LogP contribution >= 0.6 is 0 Å². The Labute approximate surface area is 117 Å². The SMILES string of the molecule is CCCS(=O)(=O)N1CC[NH+]([C@H]2C[C@H]3CC[C@H]2C3)CC1. The van der Waals surface area contributed by atoms with Gasteiger partial charge in [-0.3, -0.25) is 0 Å². The van der Waals surface area contributed by atoms with Crippen LogP contribution in [0.3, 0.4) is 0 Å². The highest BCUT2D eigenvalue weighted by Gasteiger charge is 2.46. The van der Waals surface area contributed by atoms with Gasteiger partial charge in [0.15, 0.2) is 0 Å². The predicted molar refractivity (Wildman–Crippen MR) is 75.6 cm³/mol. The Morgan fingerprint density at radius 2 is 1.89 bits per heavy atom. The van der Waals surface area contributed by atoms with Crippen molar-refractivity contribution in [1.82, 2.24) is 4.31 Å². The number of fused-ring (bicyclic) bond motifs is 2. The van der Waals surface area contributed by atoms with Gasteiger partial charge in [0, 0.05) is 12.3 Å². The minimum Gasteiger partial charge on any atom is -0.330 e. The molecule has 4 nitrogen and oxygen atoms in total. The van der Waals surface area contributed by atoms with Crippen LogP contribution in [0, 0.1) is 11.8 Å². The van der Waals surface area contributed by atoms with Gasteiger partial charge in [-0.05, 0) is 31.6 Å². The maximum atomic E-state index is 12.1. The Morgan fingerprint density at radius 1 is 1.16 bits per heavy atom. The molecule has 0 spiro atoms. The molecule has 3 atom stereocenters. The lowest BCUT2D eigenvalue weighted by Gasteiger charge is -2.37. The smallest absolute Gasteiger partial charge is 0.214 e. The minimum absolute atomic E-state index is 0.316. The standard InChI is InChI=1S/C14H26N2O2S/c1-2-9-19(17,18)16-7-5-15(6-8-16)14-11-12-3-4-13(14)10-12/h12-14H,2-11H2,1H3/p+1/t12-,13-,14-/m0/s1. The largest absolute Gasteiger partial charge is 0.330 e. The summed E-state index contributed by atoms with van der Waals surface area (Å²) in [5, 5.41) is 0. The fraction of sp³-hybridized carbons (Fsp3) is 1.00. The van der Waals surface area contributed by atoms with E-state index >= 15 is 0 Å². The maximum Gasteiger partial charge on any atom is 0.214 e. The van der Waals surface area contributed by atoms with Crippen molar-refractivity contribution in [2.45, 2.75) is 45.1 Å². The van der Waals surface area contributed by atoms with Crippen molar-refractivity contribution in [2.24, 2.45) is 11.8 Å². The fourth-order valence-electron chi connectivity index (χ4n) is 4.55. The lowest BCUT2D eigenvalue weighted by molar-refractivity contribution is -0.932. The molecule has 19 heavy (non-hydrogen) atoms. The van der Waals surface area contributed by atoms with Gasteiger partial charge in [0.05, 0.1) is 38.0 Å². The van der Waals surface area contributed by atoms with E-state index in [1.807, 2.05) is 6.92 Å². The molecular formula is C14H27N2O2S+. The highest BCUT2D eigenvalue weighted by molar-refractivity contribution is 7.89. The zero-order valence-corrected chi connectivity index (χ0v) is 12.8. The Bertz CT molecular complexity index is 415. The molecule has 3 rings (SSSR count). The first-order chi connectivity index (χ1) is 9.10. The van der Waals surface area contributed by atoms with E-state index in [4.69, 9.17) is 0 Å². The van der Waals surface area contributed by atoms with Crippen LogP contribution in [-0.2, 0) is 10.0 Å². The Kier molecular flexibility index (Phi) is 3.89. The molecule has 3 fully saturated rings. The highest BCUT2D eigenvalue weighted by atomic mass is 32.2. The zero-order chi connectivity index (χ0) is 13.5. The van der Waals surface area contributed by atoms with Gasteiger partial charge < -0.3 is 4.90 Å². The molecule has 3 aliphatic rings. The summed E-state index contributed by atoms with van der Waals surface area (Å²) in [6.07, 6.45) is 6.46. The molecule has 2 bridgehead atoms. The van der Waals surface area contributed by atoms with Gasteiger partial charge in [0.2, 0.25) is 10.0 Å². The van der Waals surface area contributed by atoms with Crippen LogP contribution in [0.15, 0.2) is 0 Å². The Morgan fingerprint density at radius 3 is 2.42 bits per heavy atom. The van der Waals surface area contributed by atoms with Crippen molar-refractivity contribution in [3.63, 3.8) is 0 Å². The summed E-state index contributed by atoms with van der Waals surface area (Å²) in [6.45, 7) is 5.47. The van der Waals surface area contributed by atoms with Crippen molar-refractivity contribution in [3.05, 3.63) is 0 Å². The fourth-order valence-corrected chi connectivity index (χ4v) is 6.07. The monoisotopic (exact) mass is 287 g/mol. The quantitative estimate of drug-likeness (QED) is 0.798. The molecular weight excluding hydrogens is 260 g/mol. The van der Waals surface area contributed by atoms with Crippen LogP contribution < -0.4 is 4.90 Å². The third-order valence-electron chi connectivity index (χ3n) is 5.48. The van der Waals surface area contributed by atoms with E-state index in [1.165, 1.54) is 25.7 Å². The van der Waals surface area contributed by atoms with Gasteiger partial charge in [-0.2, -0.15) is 4.31 Å². The lowest BCUT2D eigenvalue weighted by Crippen LogP contribution is -3.18. The van der Waals surface area contributed by atoms with E-state index < -0.39 is 10.0 Å². The third kappa shape index (κ3) is 2.69. The molecule has 1 heterocycles. The minimum atomic E-state index is -2.97. The summed E-state index contributed by atoms with van der Waals surface area (Å²) in [6, 6.07) is 0.842. The van der Waals surface area contributed by atoms with Crippen molar-refractivity contribution >= 4 is 10.0 Å². The molecule has 1 N–H and O–H groups in total. The number of nitrogens with one attached hydrogen (secondary N) is 1. The second-order valence-corrected chi connectivity index (χ2v) is 8.74. The summed E-state index contributed by atoms with van der Waals surface area (Å²) < 4.78 is 25.8. The summed E-state index contributed by atoms with van der Waals surface area (Å²) in [5.74, 6) is 2.25. The lowest BCUT2D eigenvalue weighted by atomic mass is 9.93. The Hall–Kier alpha value is -0.130. The van der Waals surface area contributed by atoms with E-state index in [9.17, 15) is 8.42 Å². The normalized spacial score (nSPS) is 37.0. The molecule has 2 saturated carbocycles. The second-order valence-electron chi connectivity index (χ2n) is 6.65. The molecule has 0 amide bonds. The van der Waals surface area contributed by atoms with Crippen molar-refractivity contribution in [3.8, 4) is 0 Å². The number of quaternary nitrogens is 1. The molecule has 0 unspecified atom stereocenters. The number of sulfonamides is 1. The van der Waals surface area contributed by atoms with Crippen molar-refractivity contribution < 1.29 is 13.3 Å². The van der Waals surface area contributed by atoms with Gasteiger partial charge >= 0.3 is 0 Å². The van der Waals surface area contributed by atoms with E-state index in [0.29, 0.717) is 5.75 Å². The van der Waals surface area contributed by atoms with E-state index in [0.717, 1.165) is 50.5 Å².